The van der Waals surface area contributed by atoms with Crippen molar-refractivity contribution in [3.8, 4) is 10.6 Å². The third-order valence-electron chi connectivity index (χ3n) is 4.61. The zero-order valence-electron chi connectivity index (χ0n) is 16.0. The Hall–Kier alpha value is -3.32. The molecule has 1 unspecified atom stereocenters. The van der Waals surface area contributed by atoms with Gasteiger partial charge in [0.25, 0.3) is 5.91 Å². The lowest BCUT2D eigenvalue weighted by Gasteiger charge is -2.19. The van der Waals surface area contributed by atoms with Gasteiger partial charge in [-0.1, -0.05) is 24.3 Å². The summed E-state index contributed by atoms with van der Waals surface area (Å²) >= 11 is 1.57. The van der Waals surface area contributed by atoms with Gasteiger partial charge in [0.15, 0.2) is 0 Å². The van der Waals surface area contributed by atoms with Gasteiger partial charge < -0.3 is 9.88 Å². The molecule has 0 aliphatic carbocycles. The van der Waals surface area contributed by atoms with E-state index in [2.05, 4.69) is 15.3 Å². The number of rotatable bonds is 5. The molecule has 2 heterocycles. The summed E-state index contributed by atoms with van der Waals surface area (Å²) in [7, 11) is 1.86. The fraction of sp³-hybridized carbons (Fsp3) is 0.136. The molecule has 1 atom stereocenters. The smallest absolute Gasteiger partial charge is 0.252 e. The molecule has 0 saturated heterocycles. The van der Waals surface area contributed by atoms with Crippen molar-refractivity contribution in [1.82, 2.24) is 19.9 Å². The van der Waals surface area contributed by atoms with E-state index in [0.29, 0.717) is 11.4 Å². The minimum Gasteiger partial charge on any atom is -0.338 e. The summed E-state index contributed by atoms with van der Waals surface area (Å²) in [4.78, 5) is 21.8. The summed E-state index contributed by atoms with van der Waals surface area (Å²) in [5.41, 5.74) is 3.23. The number of benzene rings is 2. The number of aryl methyl sites for hydroxylation is 2. The topological polar surface area (TPSA) is 59.8 Å². The van der Waals surface area contributed by atoms with E-state index in [1.54, 1.807) is 41.8 Å². The Morgan fingerprint density at radius 1 is 1.14 bits per heavy atom. The molecule has 5 nitrogen and oxygen atoms in total. The van der Waals surface area contributed by atoms with E-state index in [0.717, 1.165) is 21.8 Å². The van der Waals surface area contributed by atoms with Crippen molar-refractivity contribution in [1.29, 1.82) is 0 Å². The maximum Gasteiger partial charge on any atom is 0.252 e. The third-order valence-corrected chi connectivity index (χ3v) is 5.62. The number of aromatic nitrogens is 3. The molecule has 29 heavy (non-hydrogen) atoms. The Morgan fingerprint density at radius 2 is 1.86 bits per heavy atom. The van der Waals surface area contributed by atoms with Gasteiger partial charge >= 0.3 is 0 Å². The number of imidazole rings is 1. The Kier molecular flexibility index (Phi) is 5.22. The third kappa shape index (κ3) is 4.09. The minimum atomic E-state index is -0.496. The summed E-state index contributed by atoms with van der Waals surface area (Å²) < 4.78 is 15.2. The first kappa shape index (κ1) is 19.0. The van der Waals surface area contributed by atoms with Crippen LogP contribution in [0.5, 0.6) is 0 Å². The second-order valence-electron chi connectivity index (χ2n) is 6.73. The van der Waals surface area contributed by atoms with Crippen LogP contribution >= 0.6 is 11.3 Å². The predicted octanol–water partition coefficient (Wildman–Crippen LogP) is 4.51. The Bertz CT molecular complexity index is 1130. The highest BCUT2D eigenvalue weighted by Crippen LogP contribution is 2.25. The van der Waals surface area contributed by atoms with Gasteiger partial charge in [-0.2, -0.15) is 0 Å². The molecule has 0 radical (unpaired) electrons. The molecule has 0 fully saturated rings. The summed E-state index contributed by atoms with van der Waals surface area (Å²) in [5, 5.41) is 5.94. The summed E-state index contributed by atoms with van der Waals surface area (Å²) in [5.74, 6) is 0.107. The molecule has 4 rings (SSSR count). The first-order valence-corrected chi connectivity index (χ1v) is 9.95. The standard InChI is InChI=1S/C22H19FN4OS/c1-14-13-29-22(25-14)17-5-3-16(4-6-17)21(28)26-19(20-24-11-12-27(20)2)15-7-9-18(23)10-8-15/h3-13,19H,1-2H3,(H,26,28). The van der Waals surface area contributed by atoms with Gasteiger partial charge in [0.2, 0.25) is 0 Å². The molecule has 1 amide bonds. The van der Waals surface area contributed by atoms with Crippen molar-refractivity contribution in [2.24, 2.45) is 7.05 Å². The van der Waals surface area contributed by atoms with Crippen LogP contribution in [0.3, 0.4) is 0 Å². The van der Waals surface area contributed by atoms with E-state index in [9.17, 15) is 9.18 Å². The Balaban J connectivity index is 1.59. The second-order valence-corrected chi connectivity index (χ2v) is 7.58. The number of carbonyl (C=O) groups is 1. The van der Waals surface area contributed by atoms with Gasteiger partial charge in [0.05, 0.1) is 0 Å². The Labute approximate surface area is 171 Å². The van der Waals surface area contributed by atoms with Crippen LogP contribution in [0.1, 0.15) is 33.5 Å². The lowest BCUT2D eigenvalue weighted by Crippen LogP contribution is -2.31. The number of nitrogens with zero attached hydrogens (tertiary/aromatic N) is 3. The predicted molar refractivity (Wildman–Crippen MR) is 111 cm³/mol. The van der Waals surface area contributed by atoms with Crippen molar-refractivity contribution < 1.29 is 9.18 Å². The van der Waals surface area contributed by atoms with Gasteiger partial charge in [0.1, 0.15) is 22.7 Å². The quantitative estimate of drug-likeness (QED) is 0.530. The van der Waals surface area contributed by atoms with E-state index < -0.39 is 6.04 Å². The first-order valence-electron chi connectivity index (χ1n) is 9.07. The minimum absolute atomic E-state index is 0.232. The summed E-state index contributed by atoms with van der Waals surface area (Å²) in [6, 6.07) is 12.9. The first-order chi connectivity index (χ1) is 14.0. The molecule has 2 aromatic carbocycles. The van der Waals surface area contributed by atoms with Crippen LogP contribution in [0.4, 0.5) is 4.39 Å². The molecule has 0 bridgehead atoms. The maximum atomic E-state index is 13.4. The van der Waals surface area contributed by atoms with Crippen LogP contribution in [-0.4, -0.2) is 20.4 Å². The number of amides is 1. The van der Waals surface area contributed by atoms with Crippen molar-refractivity contribution in [2.45, 2.75) is 13.0 Å². The van der Waals surface area contributed by atoms with E-state index in [-0.39, 0.29) is 11.7 Å². The van der Waals surface area contributed by atoms with Gasteiger partial charge in [-0.15, -0.1) is 11.3 Å². The van der Waals surface area contributed by atoms with Crippen molar-refractivity contribution in [2.75, 3.05) is 0 Å². The number of hydrogen-bond donors (Lipinski definition) is 1. The summed E-state index contributed by atoms with van der Waals surface area (Å²) in [6.45, 7) is 1.95. The normalized spacial score (nSPS) is 12.0. The van der Waals surface area contributed by atoms with Crippen LogP contribution in [0.25, 0.3) is 10.6 Å². The van der Waals surface area contributed by atoms with Crippen LogP contribution < -0.4 is 5.32 Å². The molecular weight excluding hydrogens is 387 g/mol. The molecular formula is C22H19FN4OS. The fourth-order valence-electron chi connectivity index (χ4n) is 3.07. The largest absolute Gasteiger partial charge is 0.338 e. The van der Waals surface area contributed by atoms with Crippen LogP contribution in [0.2, 0.25) is 0 Å². The number of halogens is 1. The van der Waals surface area contributed by atoms with Crippen molar-refractivity contribution in [3.63, 3.8) is 0 Å². The average molecular weight is 406 g/mol. The summed E-state index contributed by atoms with van der Waals surface area (Å²) in [6.07, 6.45) is 3.48. The number of carbonyl (C=O) groups excluding carboxylic acids is 1. The highest BCUT2D eigenvalue weighted by Gasteiger charge is 2.21. The van der Waals surface area contributed by atoms with Crippen LogP contribution in [0, 0.1) is 12.7 Å². The van der Waals surface area contributed by atoms with Gasteiger partial charge in [-0.3, -0.25) is 4.79 Å². The van der Waals surface area contributed by atoms with Gasteiger partial charge in [-0.25, -0.2) is 14.4 Å². The lowest BCUT2D eigenvalue weighted by molar-refractivity contribution is 0.0941. The number of nitrogens with one attached hydrogen (secondary N) is 1. The SMILES string of the molecule is Cc1csc(-c2ccc(C(=O)NC(c3ccc(F)cc3)c3nccn3C)cc2)n1. The maximum absolute atomic E-state index is 13.4. The zero-order valence-corrected chi connectivity index (χ0v) is 16.8. The highest BCUT2D eigenvalue weighted by atomic mass is 32.1. The zero-order chi connectivity index (χ0) is 20.4. The van der Waals surface area contributed by atoms with Crippen molar-refractivity contribution in [3.05, 3.63) is 94.8 Å². The number of hydrogen-bond acceptors (Lipinski definition) is 4. The molecule has 1 N–H and O–H groups in total. The van der Waals surface area contributed by atoms with E-state index in [1.807, 2.05) is 42.2 Å². The molecule has 0 aliphatic heterocycles. The molecule has 146 valence electrons. The van der Waals surface area contributed by atoms with E-state index in [4.69, 9.17) is 0 Å². The molecule has 0 saturated carbocycles. The van der Waals surface area contributed by atoms with Crippen molar-refractivity contribution >= 4 is 17.2 Å². The van der Waals surface area contributed by atoms with E-state index >= 15 is 0 Å². The van der Waals surface area contributed by atoms with Gasteiger partial charge in [0, 0.05) is 41.6 Å². The monoisotopic (exact) mass is 406 g/mol. The van der Waals surface area contributed by atoms with E-state index in [1.165, 1.54) is 12.1 Å². The Morgan fingerprint density at radius 3 is 2.45 bits per heavy atom. The highest BCUT2D eigenvalue weighted by molar-refractivity contribution is 7.13. The molecule has 0 spiro atoms. The second kappa shape index (κ2) is 7.97. The molecule has 2 aromatic heterocycles. The molecule has 7 heteroatoms. The number of thiazole rings is 1. The van der Waals surface area contributed by atoms with Gasteiger partial charge in [-0.05, 0) is 36.8 Å². The van der Waals surface area contributed by atoms with Crippen LogP contribution in [0.15, 0.2) is 66.3 Å². The lowest BCUT2D eigenvalue weighted by atomic mass is 10.0. The van der Waals surface area contributed by atoms with Crippen LogP contribution in [-0.2, 0) is 7.05 Å². The molecule has 0 aliphatic rings. The average Bonchev–Trinajstić information content (AvgIpc) is 3.35. The molecule has 4 aromatic rings. The fourth-order valence-corrected chi connectivity index (χ4v) is 3.88.